The maximum absolute atomic E-state index is 13.5. The molecule has 0 unspecified atom stereocenters. The first kappa shape index (κ1) is 20.3. The number of likely N-dealkylation sites (N-methyl/N-ethyl adjacent to an activating group) is 1. The van der Waals surface area contributed by atoms with Gasteiger partial charge in [0.1, 0.15) is 5.75 Å². The number of pyridine rings is 1. The number of hydrogen-bond acceptors (Lipinski definition) is 5. The van der Waals surface area contributed by atoms with Crippen LogP contribution in [0.3, 0.4) is 0 Å². The summed E-state index contributed by atoms with van der Waals surface area (Å²) in [6.45, 7) is 0.400. The number of benzene rings is 1. The molecule has 1 aromatic carbocycles. The number of ether oxygens (including phenoxy) is 1. The maximum atomic E-state index is 13.5. The minimum atomic E-state index is -0.364. The van der Waals surface area contributed by atoms with Crippen LogP contribution in [0.4, 0.5) is 0 Å². The molecule has 2 bridgehead atoms. The fourth-order valence-electron chi connectivity index (χ4n) is 5.55. The second-order valence-electron chi connectivity index (χ2n) is 9.01. The molecule has 4 atom stereocenters. The summed E-state index contributed by atoms with van der Waals surface area (Å²) in [6.07, 6.45) is 3.19. The molecule has 3 heterocycles. The van der Waals surface area contributed by atoms with Crippen molar-refractivity contribution in [2.75, 3.05) is 20.8 Å². The van der Waals surface area contributed by atoms with E-state index >= 15 is 0 Å². The van der Waals surface area contributed by atoms with Crippen molar-refractivity contribution in [3.63, 3.8) is 0 Å². The zero-order valence-electron chi connectivity index (χ0n) is 18.0. The van der Waals surface area contributed by atoms with Crippen LogP contribution in [-0.2, 0) is 11.3 Å². The zero-order chi connectivity index (χ0) is 21.7. The number of nitrogens with zero attached hydrogens (tertiary/aromatic N) is 2. The van der Waals surface area contributed by atoms with Gasteiger partial charge in [-0.2, -0.15) is 0 Å². The van der Waals surface area contributed by atoms with E-state index in [1.54, 1.807) is 7.11 Å². The molecule has 5 rings (SSSR count). The van der Waals surface area contributed by atoms with Crippen molar-refractivity contribution >= 4 is 5.91 Å². The zero-order valence-corrected chi connectivity index (χ0v) is 18.0. The summed E-state index contributed by atoms with van der Waals surface area (Å²) in [5, 5.41) is 13.4. The van der Waals surface area contributed by atoms with Crippen LogP contribution < -0.4 is 15.6 Å². The Morgan fingerprint density at radius 2 is 2.06 bits per heavy atom. The highest BCUT2D eigenvalue weighted by molar-refractivity contribution is 5.81. The summed E-state index contributed by atoms with van der Waals surface area (Å²) in [7, 11) is 3.61. The van der Waals surface area contributed by atoms with Crippen molar-refractivity contribution in [1.82, 2.24) is 14.8 Å². The molecule has 2 aromatic rings. The number of carbonyl (C=O) groups excluding carboxylic acids is 1. The lowest BCUT2D eigenvalue weighted by Crippen LogP contribution is -2.46. The van der Waals surface area contributed by atoms with Crippen molar-refractivity contribution in [1.29, 1.82) is 0 Å². The number of aromatic nitrogens is 1. The maximum Gasteiger partial charge on any atom is 0.258 e. The van der Waals surface area contributed by atoms with E-state index in [9.17, 15) is 14.7 Å². The molecule has 2 fully saturated rings. The van der Waals surface area contributed by atoms with Crippen LogP contribution in [0.15, 0.2) is 41.2 Å². The Hall–Kier alpha value is -2.64. The Labute approximate surface area is 181 Å². The van der Waals surface area contributed by atoms with E-state index in [0.29, 0.717) is 17.9 Å². The van der Waals surface area contributed by atoms with Gasteiger partial charge in [0.2, 0.25) is 5.91 Å². The second-order valence-corrected chi connectivity index (χ2v) is 9.01. The van der Waals surface area contributed by atoms with Crippen LogP contribution in [-0.4, -0.2) is 53.3 Å². The van der Waals surface area contributed by atoms with Crippen LogP contribution in [0.2, 0.25) is 0 Å². The lowest BCUT2D eigenvalue weighted by molar-refractivity contribution is -0.128. The number of nitrogens with one attached hydrogen (secondary N) is 1. The standard InChI is InChI=1S/C24H29N3O4/c1-26-20-12-27-19(10-9-17(24(27)30)14-5-3-8-16(11-14)31-2)22(26)21(18(20)13-28)23(29)25-15-6-4-7-15/h3,5,8-11,15,18,20-22,28H,4,6-7,12-13H2,1-2H3,(H,25,29)/t18-,20-,21+,22+/m1/s1. The number of methoxy groups -OCH3 is 1. The van der Waals surface area contributed by atoms with Gasteiger partial charge >= 0.3 is 0 Å². The third-order valence-electron chi connectivity index (χ3n) is 7.48. The minimum Gasteiger partial charge on any atom is -0.497 e. The molecule has 1 saturated heterocycles. The average Bonchev–Trinajstić information content (AvgIpc) is 2.93. The molecule has 1 saturated carbocycles. The van der Waals surface area contributed by atoms with E-state index in [2.05, 4.69) is 10.2 Å². The van der Waals surface area contributed by atoms with E-state index in [0.717, 1.165) is 30.5 Å². The summed E-state index contributed by atoms with van der Waals surface area (Å²) in [6, 6.07) is 11.3. The Balaban J connectivity index is 1.55. The molecule has 1 amide bonds. The predicted octanol–water partition coefficient (Wildman–Crippen LogP) is 1.79. The topological polar surface area (TPSA) is 83.8 Å². The van der Waals surface area contributed by atoms with E-state index in [4.69, 9.17) is 4.74 Å². The first-order valence-corrected chi connectivity index (χ1v) is 11.0. The molecule has 7 heteroatoms. The lowest BCUT2D eigenvalue weighted by Gasteiger charge is -2.36. The minimum absolute atomic E-state index is 0.000807. The number of hydrogen-bond donors (Lipinski definition) is 2. The Morgan fingerprint density at radius 3 is 2.74 bits per heavy atom. The summed E-state index contributed by atoms with van der Waals surface area (Å²) in [4.78, 5) is 28.9. The summed E-state index contributed by atoms with van der Waals surface area (Å²) < 4.78 is 7.12. The van der Waals surface area contributed by atoms with Crippen molar-refractivity contribution in [2.45, 2.75) is 43.9 Å². The van der Waals surface area contributed by atoms with E-state index in [-0.39, 0.29) is 48.0 Å². The van der Waals surface area contributed by atoms with E-state index in [1.807, 2.05) is 48.0 Å². The van der Waals surface area contributed by atoms with Gasteiger partial charge in [-0.15, -0.1) is 0 Å². The van der Waals surface area contributed by atoms with Crippen LogP contribution in [0.25, 0.3) is 11.1 Å². The predicted molar refractivity (Wildman–Crippen MR) is 117 cm³/mol. The van der Waals surface area contributed by atoms with Gasteiger partial charge in [0, 0.05) is 42.4 Å². The normalized spacial score (nSPS) is 27.5. The fraction of sp³-hybridized carbons (Fsp3) is 0.500. The van der Waals surface area contributed by atoms with Gasteiger partial charge in [-0.1, -0.05) is 12.1 Å². The molecule has 0 radical (unpaired) electrons. The van der Waals surface area contributed by atoms with Gasteiger partial charge in [0.05, 0.1) is 19.1 Å². The number of rotatable bonds is 5. The van der Waals surface area contributed by atoms with Crippen molar-refractivity contribution < 1.29 is 14.6 Å². The molecule has 1 aromatic heterocycles. The molecule has 31 heavy (non-hydrogen) atoms. The number of amides is 1. The highest BCUT2D eigenvalue weighted by Gasteiger charge is 2.54. The fourth-order valence-corrected chi connectivity index (χ4v) is 5.55. The molecule has 2 aliphatic heterocycles. The summed E-state index contributed by atoms with van der Waals surface area (Å²) >= 11 is 0. The van der Waals surface area contributed by atoms with E-state index in [1.165, 1.54) is 0 Å². The van der Waals surface area contributed by atoms with Crippen molar-refractivity contribution in [3.8, 4) is 16.9 Å². The van der Waals surface area contributed by atoms with E-state index < -0.39 is 0 Å². The summed E-state index contributed by atoms with van der Waals surface area (Å²) in [5.41, 5.74) is 2.21. The van der Waals surface area contributed by atoms with Gasteiger partial charge in [0.15, 0.2) is 0 Å². The van der Waals surface area contributed by atoms with Crippen LogP contribution >= 0.6 is 0 Å². The first-order chi connectivity index (χ1) is 15.0. The molecular formula is C24H29N3O4. The van der Waals surface area contributed by atoms with Crippen LogP contribution in [0, 0.1) is 11.8 Å². The van der Waals surface area contributed by atoms with Gasteiger partial charge < -0.3 is 19.7 Å². The van der Waals surface area contributed by atoms with Crippen molar-refractivity contribution in [2.24, 2.45) is 11.8 Å². The van der Waals surface area contributed by atoms with Gasteiger partial charge in [-0.05, 0) is 56.1 Å². The van der Waals surface area contributed by atoms with Crippen LogP contribution in [0.5, 0.6) is 5.75 Å². The lowest BCUT2D eigenvalue weighted by atomic mass is 9.85. The van der Waals surface area contributed by atoms with Gasteiger partial charge in [-0.25, -0.2) is 0 Å². The Morgan fingerprint density at radius 1 is 1.26 bits per heavy atom. The Bertz CT molecular complexity index is 1060. The molecule has 2 N–H and O–H groups in total. The number of aliphatic hydroxyl groups excluding tert-OH is 1. The monoisotopic (exact) mass is 423 g/mol. The molecule has 7 nitrogen and oxygen atoms in total. The third kappa shape index (κ3) is 3.18. The van der Waals surface area contributed by atoms with Crippen LogP contribution in [0.1, 0.15) is 31.0 Å². The van der Waals surface area contributed by atoms with Gasteiger partial charge in [0.25, 0.3) is 5.56 Å². The smallest absolute Gasteiger partial charge is 0.258 e. The number of carbonyl (C=O) groups is 1. The largest absolute Gasteiger partial charge is 0.497 e. The highest BCUT2D eigenvalue weighted by Crippen LogP contribution is 2.47. The third-order valence-corrected chi connectivity index (χ3v) is 7.48. The molecular weight excluding hydrogens is 394 g/mol. The van der Waals surface area contributed by atoms with Gasteiger partial charge in [-0.3, -0.25) is 14.5 Å². The number of fused-ring (bicyclic) bond motifs is 4. The Kier molecular flexibility index (Phi) is 5.10. The van der Waals surface area contributed by atoms with Crippen molar-refractivity contribution in [3.05, 3.63) is 52.4 Å². The molecule has 0 spiro atoms. The quantitative estimate of drug-likeness (QED) is 0.766. The SMILES string of the molecule is COc1cccc(-c2ccc3n(c2=O)C[C@@H]2[C@@H](CO)[C@H](C(=O)NC4CCC4)[C@H]3N2C)c1. The molecule has 3 aliphatic rings. The summed E-state index contributed by atoms with van der Waals surface area (Å²) in [5.74, 6) is 0.138. The molecule has 1 aliphatic carbocycles. The first-order valence-electron chi connectivity index (χ1n) is 11.0. The number of aliphatic hydroxyl groups is 1. The second kappa shape index (κ2) is 7.80. The average molecular weight is 424 g/mol. The highest BCUT2D eigenvalue weighted by atomic mass is 16.5. The molecule has 164 valence electrons.